The molecule has 1 saturated heterocycles. The van der Waals surface area contributed by atoms with Gasteiger partial charge in [-0.1, -0.05) is 27.7 Å². The van der Waals surface area contributed by atoms with Crippen molar-refractivity contribution in [2.24, 2.45) is 16.3 Å². The number of guanidine groups is 1. The van der Waals surface area contributed by atoms with Crippen LogP contribution in [-0.2, 0) is 4.79 Å². The van der Waals surface area contributed by atoms with E-state index in [0.29, 0.717) is 13.1 Å². The predicted molar refractivity (Wildman–Crippen MR) is 88.4 cm³/mol. The van der Waals surface area contributed by atoms with Gasteiger partial charge in [0.05, 0.1) is 6.54 Å². The quantitative estimate of drug-likeness (QED) is 0.473. The van der Waals surface area contributed by atoms with E-state index in [0.717, 1.165) is 31.5 Å². The minimum Gasteiger partial charge on any atom is -0.357 e. The number of rotatable bonds is 4. The van der Waals surface area contributed by atoms with Gasteiger partial charge in [0.15, 0.2) is 5.96 Å². The Morgan fingerprint density at radius 3 is 2.38 bits per heavy atom. The van der Waals surface area contributed by atoms with Crippen LogP contribution in [0.25, 0.3) is 0 Å². The van der Waals surface area contributed by atoms with Crippen molar-refractivity contribution in [3.05, 3.63) is 0 Å². The Kier molecular flexibility index (Phi) is 6.99. The highest BCUT2D eigenvalue weighted by atomic mass is 16.2. The molecular formula is C16H32N4O. The zero-order valence-corrected chi connectivity index (χ0v) is 14.3. The molecule has 0 aromatic rings. The molecule has 0 spiro atoms. The van der Waals surface area contributed by atoms with Crippen molar-refractivity contribution < 1.29 is 4.79 Å². The Morgan fingerprint density at radius 1 is 1.24 bits per heavy atom. The van der Waals surface area contributed by atoms with E-state index < -0.39 is 0 Å². The molecule has 0 saturated carbocycles. The van der Waals surface area contributed by atoms with Crippen molar-refractivity contribution in [2.45, 2.75) is 47.5 Å². The van der Waals surface area contributed by atoms with Crippen molar-refractivity contribution in [1.29, 1.82) is 0 Å². The maximum Gasteiger partial charge on any atom is 0.225 e. The minimum atomic E-state index is -0.336. The third-order valence-corrected chi connectivity index (χ3v) is 3.76. The largest absolute Gasteiger partial charge is 0.357 e. The molecule has 1 fully saturated rings. The minimum absolute atomic E-state index is 0.0782. The Hall–Kier alpha value is -1.26. The summed E-state index contributed by atoms with van der Waals surface area (Å²) in [6.45, 7) is 14.4. The van der Waals surface area contributed by atoms with Gasteiger partial charge in [-0.25, -0.2) is 0 Å². The van der Waals surface area contributed by atoms with Crippen molar-refractivity contribution in [3.8, 4) is 0 Å². The van der Waals surface area contributed by atoms with Gasteiger partial charge in [-0.3, -0.25) is 9.79 Å². The van der Waals surface area contributed by atoms with Gasteiger partial charge < -0.3 is 15.5 Å². The van der Waals surface area contributed by atoms with Crippen LogP contribution in [0.3, 0.4) is 0 Å². The summed E-state index contributed by atoms with van der Waals surface area (Å²) >= 11 is 0. The second-order valence-corrected chi connectivity index (χ2v) is 6.91. The number of amides is 1. The van der Waals surface area contributed by atoms with Crippen molar-refractivity contribution in [3.63, 3.8) is 0 Å². The average Bonchev–Trinajstić information content (AvgIpc) is 2.42. The van der Waals surface area contributed by atoms with E-state index in [-0.39, 0.29) is 11.3 Å². The molecule has 122 valence electrons. The number of likely N-dealkylation sites (tertiary alicyclic amines) is 1. The summed E-state index contributed by atoms with van der Waals surface area (Å²) in [5.74, 6) is 1.87. The van der Waals surface area contributed by atoms with Crippen LogP contribution in [0.1, 0.15) is 47.5 Å². The van der Waals surface area contributed by atoms with Crippen LogP contribution in [-0.4, -0.2) is 49.5 Å². The molecule has 0 aromatic carbocycles. The smallest absolute Gasteiger partial charge is 0.225 e. The topological polar surface area (TPSA) is 56.7 Å². The first kappa shape index (κ1) is 17.8. The van der Waals surface area contributed by atoms with Gasteiger partial charge in [-0.15, -0.1) is 0 Å². The van der Waals surface area contributed by atoms with Gasteiger partial charge in [0.25, 0.3) is 0 Å². The number of nitrogens with one attached hydrogen (secondary N) is 2. The summed E-state index contributed by atoms with van der Waals surface area (Å²) in [5.41, 5.74) is -0.336. The van der Waals surface area contributed by atoms with Gasteiger partial charge in [-0.05, 0) is 25.7 Å². The number of hydrogen-bond acceptors (Lipinski definition) is 2. The Morgan fingerprint density at radius 2 is 1.86 bits per heavy atom. The van der Waals surface area contributed by atoms with Crippen LogP contribution in [0, 0.1) is 11.3 Å². The SMILES string of the molecule is CCNC(=NCCNC(=O)C(C)(C)C)N1CCC(C)CC1. The van der Waals surface area contributed by atoms with Crippen LogP contribution in [0.2, 0.25) is 0 Å². The number of piperidine rings is 1. The molecule has 0 atom stereocenters. The molecule has 0 aromatic heterocycles. The first-order valence-electron chi connectivity index (χ1n) is 8.16. The fraction of sp³-hybridized carbons (Fsp3) is 0.875. The Labute approximate surface area is 129 Å². The van der Waals surface area contributed by atoms with Crippen LogP contribution in [0.15, 0.2) is 4.99 Å². The summed E-state index contributed by atoms with van der Waals surface area (Å²) in [4.78, 5) is 18.7. The number of hydrogen-bond donors (Lipinski definition) is 2. The number of carbonyl (C=O) groups is 1. The molecular weight excluding hydrogens is 264 g/mol. The first-order chi connectivity index (χ1) is 9.84. The summed E-state index contributed by atoms with van der Waals surface area (Å²) < 4.78 is 0. The van der Waals surface area contributed by atoms with Crippen LogP contribution < -0.4 is 10.6 Å². The van der Waals surface area contributed by atoms with E-state index in [2.05, 4.69) is 34.4 Å². The zero-order valence-electron chi connectivity index (χ0n) is 14.3. The molecule has 0 aliphatic carbocycles. The average molecular weight is 296 g/mol. The van der Waals surface area contributed by atoms with Gasteiger partial charge in [-0.2, -0.15) is 0 Å². The molecule has 1 aliphatic rings. The lowest BCUT2D eigenvalue weighted by Crippen LogP contribution is -2.45. The highest BCUT2D eigenvalue weighted by Crippen LogP contribution is 2.16. The van der Waals surface area contributed by atoms with Crippen molar-refractivity contribution >= 4 is 11.9 Å². The molecule has 1 heterocycles. The van der Waals surface area contributed by atoms with Gasteiger partial charge in [0.2, 0.25) is 5.91 Å². The monoisotopic (exact) mass is 296 g/mol. The lowest BCUT2D eigenvalue weighted by Gasteiger charge is -2.33. The van der Waals surface area contributed by atoms with E-state index >= 15 is 0 Å². The fourth-order valence-corrected chi connectivity index (χ4v) is 2.24. The maximum atomic E-state index is 11.8. The molecule has 0 radical (unpaired) electrons. The highest BCUT2D eigenvalue weighted by molar-refractivity contribution is 5.81. The third kappa shape index (κ3) is 6.36. The number of nitrogens with zero attached hydrogens (tertiary/aromatic N) is 2. The van der Waals surface area contributed by atoms with Gasteiger partial charge in [0, 0.05) is 31.6 Å². The Balaban J connectivity index is 2.43. The predicted octanol–water partition coefficient (Wildman–Crippen LogP) is 1.85. The molecule has 1 amide bonds. The third-order valence-electron chi connectivity index (χ3n) is 3.76. The molecule has 0 unspecified atom stereocenters. The normalized spacial score (nSPS) is 17.8. The van der Waals surface area contributed by atoms with Crippen molar-refractivity contribution in [1.82, 2.24) is 15.5 Å². The molecule has 21 heavy (non-hydrogen) atoms. The van der Waals surface area contributed by atoms with Crippen molar-refractivity contribution in [2.75, 3.05) is 32.7 Å². The molecule has 5 heteroatoms. The zero-order chi connectivity index (χ0) is 15.9. The molecule has 1 aliphatic heterocycles. The number of carbonyl (C=O) groups excluding carboxylic acids is 1. The van der Waals surface area contributed by atoms with Gasteiger partial charge in [0.1, 0.15) is 0 Å². The highest BCUT2D eigenvalue weighted by Gasteiger charge is 2.20. The fourth-order valence-electron chi connectivity index (χ4n) is 2.24. The van der Waals surface area contributed by atoms with E-state index in [1.807, 2.05) is 20.8 Å². The summed E-state index contributed by atoms with van der Waals surface area (Å²) in [5, 5.41) is 6.29. The first-order valence-corrected chi connectivity index (χ1v) is 8.16. The van der Waals surface area contributed by atoms with E-state index in [1.165, 1.54) is 12.8 Å². The van der Waals surface area contributed by atoms with Crippen LogP contribution >= 0.6 is 0 Å². The van der Waals surface area contributed by atoms with E-state index in [4.69, 9.17) is 0 Å². The standard InChI is InChI=1S/C16H32N4O/c1-6-17-15(20-11-7-13(2)8-12-20)19-10-9-18-14(21)16(3,4)5/h13H,6-12H2,1-5H3,(H,17,19)(H,18,21). The summed E-state index contributed by atoms with van der Waals surface area (Å²) in [6.07, 6.45) is 2.45. The van der Waals surface area contributed by atoms with Crippen LogP contribution in [0.4, 0.5) is 0 Å². The van der Waals surface area contributed by atoms with E-state index in [9.17, 15) is 4.79 Å². The lowest BCUT2D eigenvalue weighted by atomic mass is 9.96. The number of aliphatic imine (C=N–C) groups is 1. The molecule has 0 bridgehead atoms. The van der Waals surface area contributed by atoms with E-state index in [1.54, 1.807) is 0 Å². The van der Waals surface area contributed by atoms with Gasteiger partial charge >= 0.3 is 0 Å². The second-order valence-electron chi connectivity index (χ2n) is 6.91. The molecule has 1 rings (SSSR count). The summed E-state index contributed by atoms with van der Waals surface area (Å²) in [7, 11) is 0. The Bertz CT molecular complexity index is 352. The van der Waals surface area contributed by atoms with Crippen LogP contribution in [0.5, 0.6) is 0 Å². The maximum absolute atomic E-state index is 11.8. The molecule has 2 N–H and O–H groups in total. The summed E-state index contributed by atoms with van der Waals surface area (Å²) in [6, 6.07) is 0. The second kappa shape index (κ2) is 8.25. The molecule has 5 nitrogen and oxygen atoms in total. The lowest BCUT2D eigenvalue weighted by molar-refractivity contribution is -0.128.